The molecule has 0 bridgehead atoms. The van der Waals surface area contributed by atoms with E-state index in [0.29, 0.717) is 20.6 Å². The molecule has 4 rings (SSSR count). The van der Waals surface area contributed by atoms with Crippen LogP contribution >= 0.6 is 23.1 Å². The number of methoxy groups -OCH3 is 1. The minimum Gasteiger partial charge on any atom is -0.497 e. The number of rotatable bonds is 2. The van der Waals surface area contributed by atoms with Crippen LogP contribution in [0.15, 0.2) is 34.1 Å². The number of thiazole rings is 1. The van der Waals surface area contributed by atoms with Crippen molar-refractivity contribution < 1.29 is 19.1 Å². The van der Waals surface area contributed by atoms with Crippen molar-refractivity contribution in [1.82, 2.24) is 9.88 Å². The van der Waals surface area contributed by atoms with E-state index in [1.54, 1.807) is 31.4 Å². The van der Waals surface area contributed by atoms with Crippen molar-refractivity contribution >= 4 is 40.9 Å². The summed E-state index contributed by atoms with van der Waals surface area (Å²) in [4.78, 5) is 52.4. The molecule has 0 spiro atoms. The van der Waals surface area contributed by atoms with Crippen LogP contribution in [0, 0.1) is 5.92 Å². The summed E-state index contributed by atoms with van der Waals surface area (Å²) in [6.45, 7) is 0. The number of urea groups is 1. The molecule has 10 heteroatoms. The highest BCUT2D eigenvalue weighted by atomic mass is 32.2. The summed E-state index contributed by atoms with van der Waals surface area (Å²) in [5.41, 5.74) is 5.98. The van der Waals surface area contributed by atoms with Crippen molar-refractivity contribution in [2.24, 2.45) is 11.7 Å². The number of aromatic nitrogens is 1. The lowest BCUT2D eigenvalue weighted by atomic mass is 9.83. The van der Waals surface area contributed by atoms with Crippen molar-refractivity contribution in [3.05, 3.63) is 44.4 Å². The van der Waals surface area contributed by atoms with Gasteiger partial charge in [-0.15, -0.1) is 0 Å². The van der Waals surface area contributed by atoms with Gasteiger partial charge in [0.15, 0.2) is 0 Å². The van der Waals surface area contributed by atoms with E-state index in [9.17, 15) is 19.2 Å². The van der Waals surface area contributed by atoms with Gasteiger partial charge in [0, 0.05) is 10.8 Å². The molecule has 0 unspecified atom stereocenters. The van der Waals surface area contributed by atoms with Gasteiger partial charge in [-0.05, 0) is 17.7 Å². The molecule has 1 fully saturated rings. The maximum atomic E-state index is 12.8. The summed E-state index contributed by atoms with van der Waals surface area (Å²) in [5.74, 6) is -1.95. The Morgan fingerprint density at radius 2 is 1.88 bits per heavy atom. The summed E-state index contributed by atoms with van der Waals surface area (Å²) < 4.78 is 5.16. The third-order valence-electron chi connectivity index (χ3n) is 4.52. The quantitative estimate of drug-likeness (QED) is 0.740. The van der Waals surface area contributed by atoms with Crippen LogP contribution in [0.3, 0.4) is 0 Å². The van der Waals surface area contributed by atoms with Gasteiger partial charge < -0.3 is 15.5 Å². The van der Waals surface area contributed by atoms with E-state index in [0.717, 1.165) is 28.7 Å². The monoisotopic (exact) mass is 391 g/mol. The topological polar surface area (TPSA) is 123 Å². The van der Waals surface area contributed by atoms with Gasteiger partial charge in [0.2, 0.25) is 5.91 Å². The molecule has 26 heavy (non-hydrogen) atoms. The van der Waals surface area contributed by atoms with E-state index in [4.69, 9.17) is 10.5 Å². The number of hydrogen-bond donors (Lipinski definition) is 2. The second-order valence-corrected chi connectivity index (χ2v) is 8.04. The Labute approximate surface area is 155 Å². The summed E-state index contributed by atoms with van der Waals surface area (Å²) in [6.07, 6.45) is 0. The number of fused-ring (bicyclic) bond motifs is 2. The van der Waals surface area contributed by atoms with Crippen LogP contribution < -0.4 is 15.3 Å². The minimum atomic E-state index is -1.08. The normalized spacial score (nSPS) is 24.3. The van der Waals surface area contributed by atoms with Crippen molar-refractivity contribution in [3.63, 3.8) is 0 Å². The Morgan fingerprint density at radius 3 is 2.50 bits per heavy atom. The van der Waals surface area contributed by atoms with Crippen LogP contribution in [0.4, 0.5) is 4.79 Å². The lowest BCUT2D eigenvalue weighted by Crippen LogP contribution is -2.41. The Bertz CT molecular complexity index is 981. The number of ether oxygens (including phenoxy) is 1. The summed E-state index contributed by atoms with van der Waals surface area (Å²) in [6, 6.07) is 5.98. The summed E-state index contributed by atoms with van der Waals surface area (Å²) >= 11 is 2.10. The molecule has 8 nitrogen and oxygen atoms in total. The zero-order chi connectivity index (χ0) is 18.6. The number of thioether (sulfide) groups is 1. The van der Waals surface area contributed by atoms with Crippen molar-refractivity contribution in [3.8, 4) is 5.75 Å². The fraction of sp³-hybridized carbons (Fsp3) is 0.250. The van der Waals surface area contributed by atoms with E-state index in [-0.39, 0.29) is 4.87 Å². The van der Waals surface area contributed by atoms with E-state index < -0.39 is 34.9 Å². The Kier molecular flexibility index (Phi) is 3.88. The van der Waals surface area contributed by atoms with Gasteiger partial charge in [-0.25, -0.2) is 4.79 Å². The number of carbonyl (C=O) groups excluding carboxylic acids is 3. The number of primary amides is 1. The number of carbonyl (C=O) groups is 3. The number of nitrogens with two attached hydrogens (primary N) is 1. The fourth-order valence-corrected chi connectivity index (χ4v) is 5.92. The molecule has 1 aromatic heterocycles. The first-order valence-electron chi connectivity index (χ1n) is 7.63. The second kappa shape index (κ2) is 5.99. The molecule has 0 saturated carbocycles. The lowest BCUT2D eigenvalue weighted by molar-refractivity contribution is -0.135. The number of hydrogen-bond acceptors (Lipinski definition) is 7. The summed E-state index contributed by atoms with van der Waals surface area (Å²) in [7, 11) is 1.54. The van der Waals surface area contributed by atoms with Gasteiger partial charge in [-0.1, -0.05) is 35.2 Å². The highest BCUT2D eigenvalue weighted by molar-refractivity contribution is 8.00. The molecule has 134 valence electrons. The maximum Gasteiger partial charge on any atom is 0.328 e. The van der Waals surface area contributed by atoms with Crippen LogP contribution in [0.2, 0.25) is 0 Å². The molecule has 3 N–H and O–H groups in total. The maximum absolute atomic E-state index is 12.8. The van der Waals surface area contributed by atoms with Crippen LogP contribution in [0.5, 0.6) is 5.75 Å². The molecule has 3 atom stereocenters. The Balaban J connectivity index is 1.87. The van der Waals surface area contributed by atoms with Gasteiger partial charge >= 0.3 is 10.9 Å². The number of nitrogens with zero attached hydrogens (tertiary/aromatic N) is 1. The van der Waals surface area contributed by atoms with E-state index in [1.807, 2.05) is 0 Å². The SMILES string of the molecule is COc1ccc([C@H]2c3sc(=O)[nH]c3S[C@@H]3C(=O)N(C(N)=O)C(=O)[C@H]23)cc1. The van der Waals surface area contributed by atoms with Crippen molar-refractivity contribution in [1.29, 1.82) is 0 Å². The first-order chi connectivity index (χ1) is 12.4. The van der Waals surface area contributed by atoms with Gasteiger partial charge in [0.1, 0.15) is 11.0 Å². The van der Waals surface area contributed by atoms with Gasteiger partial charge in [-0.2, -0.15) is 4.90 Å². The predicted octanol–water partition coefficient (Wildman–Crippen LogP) is 1.11. The molecule has 1 aromatic carbocycles. The second-order valence-electron chi connectivity index (χ2n) is 5.87. The minimum absolute atomic E-state index is 0.257. The number of imide groups is 3. The molecular weight excluding hydrogens is 378 g/mol. The van der Waals surface area contributed by atoms with Gasteiger partial charge in [0.25, 0.3) is 5.91 Å². The smallest absolute Gasteiger partial charge is 0.328 e. The number of nitrogens with one attached hydrogen (secondary N) is 1. The standard InChI is InChI=1S/C16H13N3O5S2/c1-24-7-4-2-6(3-5-7)8-9-11(14(21)19(13(9)20)15(17)22)25-12-10(8)26-16(23)18-12/h2-5,8-9,11H,1H3,(H2,17,22)(H,18,23)/t8-,9-,11+/m1/s1. The van der Waals surface area contributed by atoms with Crippen molar-refractivity contribution in [2.45, 2.75) is 16.2 Å². The Morgan fingerprint density at radius 1 is 1.19 bits per heavy atom. The van der Waals surface area contributed by atoms with E-state index in [1.165, 1.54) is 0 Å². The zero-order valence-corrected chi connectivity index (χ0v) is 15.1. The first-order valence-corrected chi connectivity index (χ1v) is 9.33. The largest absolute Gasteiger partial charge is 0.497 e. The predicted molar refractivity (Wildman–Crippen MR) is 94.3 cm³/mol. The average Bonchev–Trinajstić information content (AvgIpc) is 3.10. The van der Waals surface area contributed by atoms with Crippen molar-refractivity contribution in [2.75, 3.05) is 7.11 Å². The number of aromatic amines is 1. The summed E-state index contributed by atoms with van der Waals surface area (Å²) in [5, 5.41) is -0.255. The number of H-pyrrole nitrogens is 1. The van der Waals surface area contributed by atoms with Crippen LogP contribution in [0.25, 0.3) is 0 Å². The average molecular weight is 391 g/mol. The molecule has 0 aliphatic carbocycles. The molecule has 2 aliphatic heterocycles. The number of amides is 4. The molecule has 3 heterocycles. The van der Waals surface area contributed by atoms with E-state index in [2.05, 4.69) is 4.98 Å². The lowest BCUT2D eigenvalue weighted by Gasteiger charge is -2.29. The molecule has 1 saturated heterocycles. The third-order valence-corrected chi connectivity index (χ3v) is 6.92. The molecular formula is C16H13N3O5S2. The molecule has 2 aromatic rings. The first kappa shape index (κ1) is 16.9. The number of likely N-dealkylation sites (tertiary alicyclic amines) is 1. The molecule has 4 amide bonds. The molecule has 0 radical (unpaired) electrons. The van der Waals surface area contributed by atoms with Crippen LogP contribution in [-0.2, 0) is 9.59 Å². The Hall–Kier alpha value is -2.59. The molecule has 2 aliphatic rings. The highest BCUT2D eigenvalue weighted by Gasteiger charge is 2.57. The van der Waals surface area contributed by atoms with Gasteiger partial charge in [0.05, 0.1) is 18.1 Å². The van der Waals surface area contributed by atoms with Gasteiger partial charge in [-0.3, -0.25) is 14.4 Å². The van der Waals surface area contributed by atoms with Crippen LogP contribution in [-0.4, -0.2) is 40.1 Å². The third kappa shape index (κ3) is 2.36. The number of benzene rings is 1. The van der Waals surface area contributed by atoms with Crippen LogP contribution in [0.1, 0.15) is 16.4 Å². The zero-order valence-electron chi connectivity index (χ0n) is 13.4. The fourth-order valence-electron chi connectivity index (χ4n) is 3.40. The van der Waals surface area contributed by atoms with E-state index >= 15 is 0 Å². The highest BCUT2D eigenvalue weighted by Crippen LogP contribution is 2.52.